The monoisotopic (exact) mass is 209 g/mol. The van der Waals surface area contributed by atoms with Gasteiger partial charge in [0.15, 0.2) is 11.6 Å². The van der Waals surface area contributed by atoms with Gasteiger partial charge in [-0.2, -0.15) is 0 Å². The molecule has 0 amide bonds. The van der Waals surface area contributed by atoms with E-state index in [9.17, 15) is 8.78 Å². The summed E-state index contributed by atoms with van der Waals surface area (Å²) >= 11 is 0. The van der Waals surface area contributed by atoms with Crippen molar-refractivity contribution in [1.82, 2.24) is 0 Å². The zero-order valence-electron chi connectivity index (χ0n) is 8.85. The molecule has 0 aromatic heterocycles. The molecule has 0 unspecified atom stereocenters. The first-order valence-electron chi connectivity index (χ1n) is 4.65. The number of halogens is 2. The van der Waals surface area contributed by atoms with Crippen LogP contribution in [0.1, 0.15) is 12.0 Å². The molecule has 0 spiro atoms. The molecule has 0 bridgehead atoms. The van der Waals surface area contributed by atoms with E-state index < -0.39 is 11.6 Å². The average molecular weight is 209 g/mol. The van der Waals surface area contributed by atoms with E-state index in [1.807, 2.05) is 0 Å². The van der Waals surface area contributed by atoms with Crippen LogP contribution in [0.3, 0.4) is 0 Å². The van der Waals surface area contributed by atoms with Crippen LogP contribution in [0.25, 0.3) is 0 Å². The van der Waals surface area contributed by atoms with Gasteiger partial charge < -0.3 is 4.90 Å². The minimum atomic E-state index is -0.830. The predicted molar refractivity (Wildman–Crippen MR) is 57.8 cm³/mol. The number of terminal acetylenes is 1. The lowest BCUT2D eigenvalue weighted by atomic mass is 10.1. The van der Waals surface area contributed by atoms with Crippen LogP contribution in [0.5, 0.6) is 0 Å². The van der Waals surface area contributed by atoms with Crippen LogP contribution in [0.4, 0.5) is 14.5 Å². The van der Waals surface area contributed by atoms with Gasteiger partial charge in [-0.25, -0.2) is 8.78 Å². The molecule has 0 atom stereocenters. The van der Waals surface area contributed by atoms with Crippen molar-refractivity contribution in [3.63, 3.8) is 0 Å². The van der Waals surface area contributed by atoms with Crippen molar-refractivity contribution in [1.29, 1.82) is 0 Å². The van der Waals surface area contributed by atoms with E-state index in [4.69, 9.17) is 6.42 Å². The van der Waals surface area contributed by atoms with E-state index in [2.05, 4.69) is 5.92 Å². The first-order chi connectivity index (χ1) is 7.07. The standard InChI is InChI=1S/C12H13F2N/c1-4-5-6-9-7-8-10(13)11(14)12(9)15(2)3/h1,7-8H,5-6H2,2-3H3. The Morgan fingerprint density at radius 3 is 2.53 bits per heavy atom. The molecule has 0 aliphatic rings. The van der Waals surface area contributed by atoms with E-state index in [1.54, 1.807) is 25.1 Å². The maximum atomic E-state index is 13.5. The minimum absolute atomic E-state index is 0.283. The zero-order chi connectivity index (χ0) is 11.4. The van der Waals surface area contributed by atoms with Crippen molar-refractivity contribution in [3.8, 4) is 12.3 Å². The Morgan fingerprint density at radius 1 is 1.33 bits per heavy atom. The number of rotatable bonds is 3. The van der Waals surface area contributed by atoms with Gasteiger partial charge in [-0.3, -0.25) is 0 Å². The van der Waals surface area contributed by atoms with Crippen molar-refractivity contribution >= 4 is 5.69 Å². The molecular formula is C12H13F2N. The quantitative estimate of drug-likeness (QED) is 0.692. The largest absolute Gasteiger partial charge is 0.375 e. The topological polar surface area (TPSA) is 3.24 Å². The Balaban J connectivity index is 3.16. The Bertz CT molecular complexity index is 391. The molecule has 15 heavy (non-hydrogen) atoms. The van der Waals surface area contributed by atoms with Crippen molar-refractivity contribution in [2.75, 3.05) is 19.0 Å². The molecule has 1 aromatic rings. The van der Waals surface area contributed by atoms with Crippen LogP contribution in [-0.2, 0) is 6.42 Å². The summed E-state index contributed by atoms with van der Waals surface area (Å²) in [6, 6.07) is 2.71. The molecule has 0 radical (unpaired) electrons. The summed E-state index contributed by atoms with van der Waals surface area (Å²) < 4.78 is 26.5. The first kappa shape index (κ1) is 11.5. The highest BCUT2D eigenvalue weighted by molar-refractivity contribution is 5.54. The van der Waals surface area contributed by atoms with Crippen molar-refractivity contribution < 1.29 is 8.78 Å². The van der Waals surface area contributed by atoms with Crippen LogP contribution < -0.4 is 4.90 Å². The maximum absolute atomic E-state index is 13.5. The zero-order valence-corrected chi connectivity index (χ0v) is 8.85. The second-order valence-corrected chi connectivity index (χ2v) is 3.47. The number of anilines is 1. The number of benzene rings is 1. The van der Waals surface area contributed by atoms with Crippen molar-refractivity contribution in [3.05, 3.63) is 29.3 Å². The molecule has 0 saturated carbocycles. The summed E-state index contributed by atoms with van der Waals surface area (Å²) in [5.41, 5.74) is 1.02. The van der Waals surface area contributed by atoms with Gasteiger partial charge in [0.2, 0.25) is 0 Å². The van der Waals surface area contributed by atoms with E-state index in [0.717, 1.165) is 11.6 Å². The fourth-order valence-corrected chi connectivity index (χ4v) is 1.47. The molecule has 80 valence electrons. The Morgan fingerprint density at radius 2 is 2.00 bits per heavy atom. The molecule has 0 aliphatic heterocycles. The Kier molecular flexibility index (Phi) is 3.68. The summed E-state index contributed by atoms with van der Waals surface area (Å²) in [5, 5.41) is 0. The number of nitrogens with zero attached hydrogens (tertiary/aromatic N) is 1. The van der Waals surface area contributed by atoms with Gasteiger partial charge in [-0.05, 0) is 18.1 Å². The van der Waals surface area contributed by atoms with Gasteiger partial charge in [-0.1, -0.05) is 6.07 Å². The van der Waals surface area contributed by atoms with Crippen LogP contribution in [0, 0.1) is 24.0 Å². The van der Waals surface area contributed by atoms with Crippen LogP contribution in [0.15, 0.2) is 12.1 Å². The normalized spacial score (nSPS) is 9.80. The van der Waals surface area contributed by atoms with Gasteiger partial charge in [0, 0.05) is 20.5 Å². The number of hydrogen-bond acceptors (Lipinski definition) is 1. The molecule has 0 saturated heterocycles. The van der Waals surface area contributed by atoms with E-state index >= 15 is 0 Å². The van der Waals surface area contributed by atoms with Gasteiger partial charge >= 0.3 is 0 Å². The predicted octanol–water partition coefficient (Wildman–Crippen LogP) is 2.60. The fourth-order valence-electron chi connectivity index (χ4n) is 1.47. The third-order valence-corrected chi connectivity index (χ3v) is 2.14. The molecule has 3 heteroatoms. The first-order valence-corrected chi connectivity index (χ1v) is 4.65. The third-order valence-electron chi connectivity index (χ3n) is 2.14. The fraction of sp³-hybridized carbons (Fsp3) is 0.333. The summed E-state index contributed by atoms with van der Waals surface area (Å²) in [7, 11) is 3.36. The molecule has 1 aromatic carbocycles. The summed E-state index contributed by atoms with van der Waals surface area (Å²) in [6.45, 7) is 0. The average Bonchev–Trinajstić information content (AvgIpc) is 2.19. The van der Waals surface area contributed by atoms with E-state index in [1.165, 1.54) is 0 Å². The Hall–Kier alpha value is -1.56. The minimum Gasteiger partial charge on any atom is -0.375 e. The lowest BCUT2D eigenvalue weighted by Crippen LogP contribution is -2.14. The highest BCUT2D eigenvalue weighted by Gasteiger charge is 2.14. The molecule has 0 aliphatic carbocycles. The third kappa shape index (κ3) is 2.47. The van der Waals surface area contributed by atoms with Crippen LogP contribution >= 0.6 is 0 Å². The number of aryl methyl sites for hydroxylation is 1. The van der Waals surface area contributed by atoms with Gasteiger partial charge in [0.1, 0.15) is 0 Å². The second-order valence-electron chi connectivity index (χ2n) is 3.47. The highest BCUT2D eigenvalue weighted by Crippen LogP contribution is 2.25. The SMILES string of the molecule is C#CCCc1ccc(F)c(F)c1N(C)C. The molecule has 0 N–H and O–H groups in total. The highest BCUT2D eigenvalue weighted by atomic mass is 19.2. The van der Waals surface area contributed by atoms with Gasteiger partial charge in [0.25, 0.3) is 0 Å². The molecule has 1 nitrogen and oxygen atoms in total. The van der Waals surface area contributed by atoms with Crippen LogP contribution in [0.2, 0.25) is 0 Å². The number of hydrogen-bond donors (Lipinski definition) is 0. The van der Waals surface area contributed by atoms with Crippen molar-refractivity contribution in [2.24, 2.45) is 0 Å². The maximum Gasteiger partial charge on any atom is 0.182 e. The smallest absolute Gasteiger partial charge is 0.182 e. The molecular weight excluding hydrogens is 196 g/mol. The van der Waals surface area contributed by atoms with E-state index in [0.29, 0.717) is 12.8 Å². The molecule has 0 fully saturated rings. The lowest BCUT2D eigenvalue weighted by molar-refractivity contribution is 0.507. The summed E-state index contributed by atoms with van der Waals surface area (Å²) in [6.07, 6.45) is 6.22. The molecule has 0 heterocycles. The van der Waals surface area contributed by atoms with Gasteiger partial charge in [-0.15, -0.1) is 12.3 Å². The lowest BCUT2D eigenvalue weighted by Gasteiger charge is -2.18. The van der Waals surface area contributed by atoms with Gasteiger partial charge in [0.05, 0.1) is 5.69 Å². The second kappa shape index (κ2) is 4.79. The van der Waals surface area contributed by atoms with Crippen LogP contribution in [-0.4, -0.2) is 14.1 Å². The summed E-state index contributed by atoms with van der Waals surface area (Å²) in [5.74, 6) is 0.841. The van der Waals surface area contributed by atoms with E-state index in [-0.39, 0.29) is 5.69 Å². The van der Waals surface area contributed by atoms with Crippen molar-refractivity contribution in [2.45, 2.75) is 12.8 Å². The Labute approximate surface area is 88.7 Å². The summed E-state index contributed by atoms with van der Waals surface area (Å²) in [4.78, 5) is 1.56. The molecule has 1 rings (SSSR count).